The van der Waals surface area contributed by atoms with Crippen LogP contribution >= 0.6 is 11.8 Å². The number of carboxylic acid groups (broad SMARTS) is 1. The molecule has 7 heteroatoms. The van der Waals surface area contributed by atoms with Gasteiger partial charge in [-0.25, -0.2) is 4.79 Å². The molecular formula is C11H14N2O4S. The molecule has 1 amide bonds. The molecule has 1 atom stereocenters. The predicted octanol–water partition coefficient (Wildman–Crippen LogP) is 0.311. The summed E-state index contributed by atoms with van der Waals surface area (Å²) in [6.07, 6.45) is 3.47. The van der Waals surface area contributed by atoms with Crippen molar-refractivity contribution in [1.82, 2.24) is 10.3 Å². The van der Waals surface area contributed by atoms with E-state index in [0.717, 1.165) is 0 Å². The third-order valence-electron chi connectivity index (χ3n) is 2.26. The van der Waals surface area contributed by atoms with Crippen LogP contribution in [0, 0.1) is 0 Å². The second-order valence-corrected chi connectivity index (χ2v) is 4.57. The Balaban J connectivity index is 2.68. The maximum absolute atomic E-state index is 11.7. The van der Waals surface area contributed by atoms with E-state index in [9.17, 15) is 14.4 Å². The molecule has 98 valence electrons. The molecule has 0 saturated heterocycles. The molecule has 0 fully saturated rings. The lowest BCUT2D eigenvalue weighted by atomic mass is 10.2. The molecule has 0 bridgehead atoms. The van der Waals surface area contributed by atoms with Crippen molar-refractivity contribution in [3.8, 4) is 0 Å². The van der Waals surface area contributed by atoms with Crippen molar-refractivity contribution in [3.63, 3.8) is 0 Å². The van der Waals surface area contributed by atoms with Crippen molar-refractivity contribution in [2.75, 3.05) is 12.0 Å². The maximum atomic E-state index is 11.7. The largest absolute Gasteiger partial charge is 0.480 e. The van der Waals surface area contributed by atoms with Crippen molar-refractivity contribution in [1.29, 1.82) is 0 Å². The number of hydrogen-bond donors (Lipinski definition) is 3. The zero-order valence-corrected chi connectivity index (χ0v) is 10.6. The molecule has 0 spiro atoms. The Bertz CT molecular complexity index is 466. The van der Waals surface area contributed by atoms with E-state index >= 15 is 0 Å². The lowest BCUT2D eigenvalue weighted by molar-refractivity contribution is -0.139. The molecular weight excluding hydrogens is 256 g/mol. The molecule has 1 aromatic heterocycles. The summed E-state index contributed by atoms with van der Waals surface area (Å²) in [6, 6.07) is 1.64. The summed E-state index contributed by atoms with van der Waals surface area (Å²) in [5.41, 5.74) is -0.0891. The van der Waals surface area contributed by atoms with Crippen LogP contribution in [0.4, 0.5) is 0 Å². The van der Waals surface area contributed by atoms with Crippen LogP contribution in [0.25, 0.3) is 0 Å². The summed E-state index contributed by atoms with van der Waals surface area (Å²) in [6.45, 7) is 0. The van der Waals surface area contributed by atoms with Crippen molar-refractivity contribution >= 4 is 23.6 Å². The normalized spacial score (nSPS) is 11.8. The van der Waals surface area contributed by atoms with Gasteiger partial charge in [-0.1, -0.05) is 0 Å². The number of aromatic nitrogens is 1. The predicted molar refractivity (Wildman–Crippen MR) is 69.0 cm³/mol. The van der Waals surface area contributed by atoms with E-state index < -0.39 is 17.9 Å². The number of carbonyl (C=O) groups excluding carboxylic acids is 1. The third kappa shape index (κ3) is 4.25. The zero-order valence-electron chi connectivity index (χ0n) is 9.80. The van der Waals surface area contributed by atoms with Crippen LogP contribution in [0.1, 0.15) is 16.8 Å². The molecule has 0 aliphatic carbocycles. The summed E-state index contributed by atoms with van der Waals surface area (Å²) in [5, 5.41) is 11.4. The molecule has 1 rings (SSSR count). The van der Waals surface area contributed by atoms with Crippen LogP contribution in [0.15, 0.2) is 23.1 Å². The van der Waals surface area contributed by atoms with E-state index in [1.54, 1.807) is 0 Å². The monoisotopic (exact) mass is 270 g/mol. The minimum atomic E-state index is -1.07. The zero-order chi connectivity index (χ0) is 13.5. The van der Waals surface area contributed by atoms with E-state index in [4.69, 9.17) is 5.11 Å². The second kappa shape index (κ2) is 6.85. The Kier molecular flexibility index (Phi) is 5.44. The van der Waals surface area contributed by atoms with Gasteiger partial charge >= 0.3 is 5.97 Å². The van der Waals surface area contributed by atoms with Crippen molar-refractivity contribution in [3.05, 3.63) is 34.2 Å². The van der Waals surface area contributed by atoms with Crippen LogP contribution in [-0.2, 0) is 4.79 Å². The average Bonchev–Trinajstić information content (AvgIpc) is 2.34. The van der Waals surface area contributed by atoms with Gasteiger partial charge in [-0.05, 0) is 24.5 Å². The fourth-order valence-corrected chi connectivity index (χ4v) is 1.76. The first-order chi connectivity index (χ1) is 8.54. The van der Waals surface area contributed by atoms with E-state index in [2.05, 4.69) is 10.3 Å². The third-order valence-corrected chi connectivity index (χ3v) is 2.90. The summed E-state index contributed by atoms with van der Waals surface area (Å²) in [5.74, 6) is -0.940. The minimum Gasteiger partial charge on any atom is -0.480 e. The van der Waals surface area contributed by atoms with Crippen LogP contribution in [0.2, 0.25) is 0 Å². The highest BCUT2D eigenvalue weighted by molar-refractivity contribution is 7.98. The quantitative estimate of drug-likeness (QED) is 0.691. The number of carboxylic acids is 1. The van der Waals surface area contributed by atoms with E-state index in [1.807, 2.05) is 6.26 Å². The van der Waals surface area contributed by atoms with E-state index in [0.29, 0.717) is 12.2 Å². The van der Waals surface area contributed by atoms with Crippen LogP contribution in [0.5, 0.6) is 0 Å². The average molecular weight is 270 g/mol. The van der Waals surface area contributed by atoms with Gasteiger partial charge in [0, 0.05) is 12.3 Å². The van der Waals surface area contributed by atoms with Gasteiger partial charge in [0.2, 0.25) is 5.56 Å². The minimum absolute atomic E-state index is 0.227. The van der Waals surface area contributed by atoms with Crippen molar-refractivity contribution in [2.45, 2.75) is 12.5 Å². The summed E-state index contributed by atoms with van der Waals surface area (Å²) in [4.78, 5) is 35.9. The maximum Gasteiger partial charge on any atom is 0.326 e. The lowest BCUT2D eigenvalue weighted by Gasteiger charge is -2.13. The number of aliphatic carboxylic acids is 1. The SMILES string of the molecule is CSCC[C@@H](NC(=O)c1ccc(=O)[nH]c1)C(=O)O. The molecule has 0 saturated carbocycles. The van der Waals surface area contributed by atoms with Crippen molar-refractivity contribution in [2.24, 2.45) is 0 Å². The van der Waals surface area contributed by atoms with Gasteiger partial charge in [0.1, 0.15) is 6.04 Å². The van der Waals surface area contributed by atoms with Crippen molar-refractivity contribution < 1.29 is 14.7 Å². The lowest BCUT2D eigenvalue weighted by Crippen LogP contribution is -2.41. The number of carbonyl (C=O) groups is 2. The fraction of sp³-hybridized carbons (Fsp3) is 0.364. The number of amides is 1. The standard InChI is InChI=1S/C11H14N2O4S/c1-18-5-4-8(11(16)17)13-10(15)7-2-3-9(14)12-6-7/h2-3,6,8H,4-5H2,1H3,(H,12,14)(H,13,15)(H,16,17)/t8-/m1/s1. The molecule has 1 heterocycles. The van der Waals surface area contributed by atoms with Gasteiger partial charge in [0.25, 0.3) is 5.91 Å². The van der Waals surface area contributed by atoms with Gasteiger partial charge in [-0.2, -0.15) is 11.8 Å². The molecule has 0 aliphatic heterocycles. The number of nitrogens with one attached hydrogen (secondary N) is 2. The Labute approximate surface area is 108 Å². The molecule has 3 N–H and O–H groups in total. The summed E-state index contributed by atoms with van der Waals surface area (Å²) < 4.78 is 0. The first kappa shape index (κ1) is 14.3. The number of aromatic amines is 1. The van der Waals surface area contributed by atoms with Crippen LogP contribution in [0.3, 0.4) is 0 Å². The van der Waals surface area contributed by atoms with Gasteiger partial charge in [-0.3, -0.25) is 9.59 Å². The topological polar surface area (TPSA) is 99.3 Å². The molecule has 0 aromatic carbocycles. The molecule has 0 radical (unpaired) electrons. The van der Waals surface area contributed by atoms with Gasteiger partial charge in [-0.15, -0.1) is 0 Å². The number of H-pyrrole nitrogens is 1. The molecule has 1 aromatic rings. The highest BCUT2D eigenvalue weighted by Gasteiger charge is 2.20. The number of thioether (sulfide) groups is 1. The van der Waals surface area contributed by atoms with Crippen LogP contribution < -0.4 is 10.9 Å². The van der Waals surface area contributed by atoms with Gasteiger partial charge < -0.3 is 15.4 Å². The first-order valence-corrected chi connectivity index (χ1v) is 6.65. The highest BCUT2D eigenvalue weighted by Crippen LogP contribution is 2.03. The number of pyridine rings is 1. The van der Waals surface area contributed by atoms with Gasteiger partial charge in [0.05, 0.1) is 5.56 Å². The Morgan fingerprint density at radius 3 is 2.72 bits per heavy atom. The Morgan fingerprint density at radius 1 is 1.50 bits per heavy atom. The Morgan fingerprint density at radius 2 is 2.22 bits per heavy atom. The summed E-state index contributed by atoms with van der Waals surface area (Å²) >= 11 is 1.51. The molecule has 0 unspecified atom stereocenters. The van der Waals surface area contributed by atoms with Gasteiger partial charge in [0.15, 0.2) is 0 Å². The smallest absolute Gasteiger partial charge is 0.326 e. The first-order valence-electron chi connectivity index (χ1n) is 5.26. The summed E-state index contributed by atoms with van der Waals surface area (Å²) in [7, 11) is 0. The number of rotatable bonds is 6. The van der Waals surface area contributed by atoms with E-state index in [-0.39, 0.29) is 11.1 Å². The molecule has 18 heavy (non-hydrogen) atoms. The molecule has 6 nitrogen and oxygen atoms in total. The fourth-order valence-electron chi connectivity index (χ4n) is 1.29. The Hall–Kier alpha value is -1.76. The van der Waals surface area contributed by atoms with E-state index in [1.165, 1.54) is 30.1 Å². The molecule has 0 aliphatic rings. The number of hydrogen-bond acceptors (Lipinski definition) is 4. The van der Waals surface area contributed by atoms with Crippen LogP contribution in [-0.4, -0.2) is 40.0 Å². The second-order valence-electron chi connectivity index (χ2n) is 3.59. The highest BCUT2D eigenvalue weighted by atomic mass is 32.2.